The van der Waals surface area contributed by atoms with E-state index in [-0.39, 0.29) is 31.1 Å². The predicted molar refractivity (Wildman–Crippen MR) is 284 cm³/mol. The van der Waals surface area contributed by atoms with Gasteiger partial charge in [0.2, 0.25) is 0 Å². The molecule has 2 atom stereocenters. The van der Waals surface area contributed by atoms with Crippen molar-refractivity contribution in [2.75, 3.05) is 13.2 Å². The fourth-order valence-electron chi connectivity index (χ4n) is 9.20. The molecule has 0 saturated heterocycles. The molecule has 0 aromatic carbocycles. The second-order valence-corrected chi connectivity index (χ2v) is 21.4. The number of hydrogen-bond donors (Lipinski definition) is 0. The number of esters is 3. The zero-order valence-electron chi connectivity index (χ0n) is 45.3. The Morgan fingerprint density at radius 2 is 0.576 bits per heavy atom. The van der Waals surface area contributed by atoms with Crippen LogP contribution in [-0.2, 0) is 28.6 Å². The molecule has 1 unspecified atom stereocenters. The lowest BCUT2D eigenvalue weighted by Gasteiger charge is -2.18. The van der Waals surface area contributed by atoms with E-state index in [0.29, 0.717) is 19.3 Å². The van der Waals surface area contributed by atoms with E-state index in [4.69, 9.17) is 14.2 Å². The summed E-state index contributed by atoms with van der Waals surface area (Å²) in [6.45, 7) is 11.5. The zero-order valence-corrected chi connectivity index (χ0v) is 45.3. The molecule has 66 heavy (non-hydrogen) atoms. The molecule has 0 aromatic rings. The van der Waals surface area contributed by atoms with Crippen molar-refractivity contribution in [1.82, 2.24) is 0 Å². The molecule has 0 fully saturated rings. The summed E-state index contributed by atoms with van der Waals surface area (Å²) < 4.78 is 16.9. The van der Waals surface area contributed by atoms with Crippen molar-refractivity contribution in [3.05, 3.63) is 0 Å². The summed E-state index contributed by atoms with van der Waals surface area (Å²) in [5.41, 5.74) is 0. The van der Waals surface area contributed by atoms with Gasteiger partial charge >= 0.3 is 17.9 Å². The van der Waals surface area contributed by atoms with Gasteiger partial charge in [-0.2, -0.15) is 0 Å². The lowest BCUT2D eigenvalue weighted by atomic mass is 9.99. The topological polar surface area (TPSA) is 78.9 Å². The van der Waals surface area contributed by atoms with Gasteiger partial charge in [-0.1, -0.05) is 298 Å². The van der Waals surface area contributed by atoms with Crippen LogP contribution < -0.4 is 0 Å². The van der Waals surface area contributed by atoms with Crippen molar-refractivity contribution in [3.63, 3.8) is 0 Å². The predicted octanol–water partition coefficient (Wildman–Crippen LogP) is 19.7. The molecule has 0 N–H and O–H groups in total. The van der Waals surface area contributed by atoms with Crippen molar-refractivity contribution in [2.24, 2.45) is 11.8 Å². The molecule has 392 valence electrons. The molecule has 0 radical (unpaired) electrons. The summed E-state index contributed by atoms with van der Waals surface area (Å²) >= 11 is 0. The third kappa shape index (κ3) is 51.8. The third-order valence-electron chi connectivity index (χ3n) is 14.1. The number of ether oxygens (including phenoxy) is 3. The lowest BCUT2D eigenvalue weighted by molar-refractivity contribution is -0.167. The van der Waals surface area contributed by atoms with Gasteiger partial charge in [-0.05, 0) is 31.1 Å². The molecular formula is C60H116O6. The first-order valence-electron chi connectivity index (χ1n) is 29.8. The Kier molecular flexibility index (Phi) is 51.5. The van der Waals surface area contributed by atoms with Crippen molar-refractivity contribution in [3.8, 4) is 0 Å². The van der Waals surface area contributed by atoms with Crippen LogP contribution in [0.15, 0.2) is 0 Å². The maximum absolute atomic E-state index is 12.8. The van der Waals surface area contributed by atoms with Crippen molar-refractivity contribution < 1.29 is 28.6 Å². The van der Waals surface area contributed by atoms with Gasteiger partial charge < -0.3 is 14.2 Å². The van der Waals surface area contributed by atoms with E-state index >= 15 is 0 Å². The average molecular weight is 934 g/mol. The normalized spacial score (nSPS) is 12.5. The SMILES string of the molecule is CCCCCCCCCCCCCCCC(=O)O[C@@H](COC(=O)CCCCCCCCCCCCCCCCC(C)C)COC(=O)CCCCCCCCCCCCCCCCC(C)CC. The molecule has 0 heterocycles. The van der Waals surface area contributed by atoms with Crippen LogP contribution in [-0.4, -0.2) is 37.2 Å². The third-order valence-corrected chi connectivity index (χ3v) is 14.1. The Hall–Kier alpha value is -1.59. The first kappa shape index (κ1) is 64.4. The lowest BCUT2D eigenvalue weighted by Crippen LogP contribution is -2.30. The highest BCUT2D eigenvalue weighted by atomic mass is 16.6. The van der Waals surface area contributed by atoms with Crippen molar-refractivity contribution in [1.29, 1.82) is 0 Å². The Morgan fingerprint density at radius 1 is 0.318 bits per heavy atom. The average Bonchev–Trinajstić information content (AvgIpc) is 3.30. The van der Waals surface area contributed by atoms with Crippen LogP contribution in [0.4, 0.5) is 0 Å². The van der Waals surface area contributed by atoms with Gasteiger partial charge in [0.1, 0.15) is 13.2 Å². The molecule has 0 aliphatic heterocycles. The van der Waals surface area contributed by atoms with E-state index in [9.17, 15) is 14.4 Å². The van der Waals surface area contributed by atoms with E-state index < -0.39 is 6.10 Å². The standard InChI is InChI=1S/C60H116O6/c1-6-8-9-10-11-12-13-18-27-32-37-42-47-52-60(63)66-57(53-64-58(61)50-45-40-35-30-25-21-16-14-19-23-28-33-38-43-48-55(3)4)54-65-59(62)51-46-41-36-31-26-22-17-15-20-24-29-34-39-44-49-56(5)7-2/h55-57H,6-54H2,1-5H3/t56?,57-/m0/s1. The molecule has 0 aliphatic carbocycles. The van der Waals surface area contributed by atoms with Gasteiger partial charge in [0.25, 0.3) is 0 Å². The summed E-state index contributed by atoms with van der Waals surface area (Å²) in [5, 5.41) is 0. The van der Waals surface area contributed by atoms with Crippen LogP contribution in [0.5, 0.6) is 0 Å². The first-order chi connectivity index (χ1) is 32.3. The minimum atomic E-state index is -0.762. The van der Waals surface area contributed by atoms with Crippen LogP contribution >= 0.6 is 0 Å². The molecule has 0 aliphatic rings. The molecular weight excluding hydrogens is 817 g/mol. The monoisotopic (exact) mass is 933 g/mol. The van der Waals surface area contributed by atoms with Gasteiger partial charge in [-0.3, -0.25) is 14.4 Å². The Labute approximate surface area is 412 Å². The molecule has 6 heteroatoms. The van der Waals surface area contributed by atoms with Gasteiger partial charge in [0, 0.05) is 19.3 Å². The molecule has 0 saturated carbocycles. The van der Waals surface area contributed by atoms with Gasteiger partial charge in [-0.15, -0.1) is 0 Å². The number of carbonyl (C=O) groups excluding carboxylic acids is 3. The summed E-state index contributed by atoms with van der Waals surface area (Å²) in [6, 6.07) is 0. The Balaban J connectivity index is 4.28. The highest BCUT2D eigenvalue weighted by Crippen LogP contribution is 2.19. The van der Waals surface area contributed by atoms with E-state index in [1.807, 2.05) is 0 Å². The van der Waals surface area contributed by atoms with E-state index in [0.717, 1.165) is 69.6 Å². The highest BCUT2D eigenvalue weighted by molar-refractivity contribution is 5.71. The summed E-state index contributed by atoms with van der Waals surface area (Å²) in [6.07, 6.45) is 56.6. The first-order valence-corrected chi connectivity index (χ1v) is 29.8. The van der Waals surface area contributed by atoms with Crippen LogP contribution in [0.1, 0.15) is 336 Å². The molecule has 0 rings (SSSR count). The quantitative estimate of drug-likeness (QED) is 0.0343. The molecule has 0 bridgehead atoms. The molecule has 6 nitrogen and oxygen atoms in total. The van der Waals surface area contributed by atoms with Crippen LogP contribution in [0.3, 0.4) is 0 Å². The zero-order chi connectivity index (χ0) is 48.2. The number of unbranched alkanes of at least 4 members (excludes halogenated alkanes) is 38. The number of carbonyl (C=O) groups is 3. The number of hydrogen-bond acceptors (Lipinski definition) is 6. The summed E-state index contributed by atoms with van der Waals surface area (Å²) in [4.78, 5) is 38.2. The largest absolute Gasteiger partial charge is 0.462 e. The van der Waals surface area contributed by atoms with Crippen molar-refractivity contribution in [2.45, 2.75) is 343 Å². The van der Waals surface area contributed by atoms with E-state index in [2.05, 4.69) is 34.6 Å². The van der Waals surface area contributed by atoms with Crippen LogP contribution in [0.2, 0.25) is 0 Å². The van der Waals surface area contributed by atoms with Crippen LogP contribution in [0.25, 0.3) is 0 Å². The minimum absolute atomic E-state index is 0.0624. The van der Waals surface area contributed by atoms with Crippen molar-refractivity contribution >= 4 is 17.9 Å². The second-order valence-electron chi connectivity index (χ2n) is 21.4. The molecule has 0 amide bonds. The fourth-order valence-corrected chi connectivity index (χ4v) is 9.20. The molecule has 0 aromatic heterocycles. The highest BCUT2D eigenvalue weighted by Gasteiger charge is 2.19. The van der Waals surface area contributed by atoms with Crippen LogP contribution in [0, 0.1) is 11.8 Å². The molecule has 0 spiro atoms. The minimum Gasteiger partial charge on any atom is -0.462 e. The van der Waals surface area contributed by atoms with Gasteiger partial charge in [-0.25, -0.2) is 0 Å². The number of rotatable bonds is 54. The van der Waals surface area contributed by atoms with Gasteiger partial charge in [0.15, 0.2) is 6.10 Å². The Morgan fingerprint density at radius 3 is 0.864 bits per heavy atom. The smallest absolute Gasteiger partial charge is 0.306 e. The van der Waals surface area contributed by atoms with Gasteiger partial charge in [0.05, 0.1) is 0 Å². The maximum Gasteiger partial charge on any atom is 0.306 e. The Bertz CT molecular complexity index is 1010. The fraction of sp³-hybridized carbons (Fsp3) is 0.950. The summed E-state index contributed by atoms with van der Waals surface area (Å²) in [5.74, 6) is 0.904. The van der Waals surface area contributed by atoms with E-state index in [1.54, 1.807) is 0 Å². The summed E-state index contributed by atoms with van der Waals surface area (Å²) in [7, 11) is 0. The maximum atomic E-state index is 12.8. The van der Waals surface area contributed by atoms with E-state index in [1.165, 1.54) is 225 Å². The second kappa shape index (κ2) is 52.8.